The Labute approximate surface area is 121 Å². The van der Waals surface area contributed by atoms with Crippen molar-refractivity contribution in [1.29, 1.82) is 0 Å². The Morgan fingerprint density at radius 3 is 2.35 bits per heavy atom. The van der Waals surface area contributed by atoms with Gasteiger partial charge in [-0.05, 0) is 65.0 Å². The van der Waals surface area contributed by atoms with Crippen LogP contribution in [0.15, 0.2) is 12.2 Å². The van der Waals surface area contributed by atoms with E-state index in [0.29, 0.717) is 18.8 Å². The summed E-state index contributed by atoms with van der Waals surface area (Å²) in [6.45, 7) is 9.61. The van der Waals surface area contributed by atoms with E-state index in [1.54, 1.807) is 0 Å². The molecule has 0 amide bonds. The zero-order valence-corrected chi connectivity index (χ0v) is 12.6. The van der Waals surface area contributed by atoms with Crippen molar-refractivity contribution in [2.75, 3.05) is 13.1 Å². The van der Waals surface area contributed by atoms with Crippen LogP contribution < -0.4 is 0 Å². The summed E-state index contributed by atoms with van der Waals surface area (Å²) in [5, 5.41) is 19.7. The zero-order chi connectivity index (χ0) is 14.9. The third-order valence-electron chi connectivity index (χ3n) is 5.24. The molecule has 2 N–H and O–H groups in total. The highest BCUT2D eigenvalue weighted by Crippen LogP contribution is 2.39. The number of rotatable bonds is 3. The second-order valence-corrected chi connectivity index (χ2v) is 6.84. The maximum Gasteiger partial charge on any atom is 0.306 e. The van der Waals surface area contributed by atoms with Gasteiger partial charge in [0.05, 0.1) is 11.5 Å². The van der Waals surface area contributed by atoms with Crippen LogP contribution in [0.2, 0.25) is 0 Å². The van der Waals surface area contributed by atoms with Gasteiger partial charge in [0, 0.05) is 6.04 Å². The van der Waals surface area contributed by atoms with Crippen LogP contribution >= 0.6 is 0 Å². The number of hydrogen-bond acceptors (Lipinski definition) is 3. The van der Waals surface area contributed by atoms with Crippen LogP contribution in [0.1, 0.15) is 46.0 Å². The lowest BCUT2D eigenvalue weighted by Gasteiger charge is -2.48. The van der Waals surface area contributed by atoms with E-state index in [2.05, 4.69) is 18.4 Å². The number of nitrogens with zero attached hydrogens (tertiary/aromatic N) is 1. The summed E-state index contributed by atoms with van der Waals surface area (Å²) < 4.78 is 0. The number of piperidine rings is 1. The van der Waals surface area contributed by atoms with Gasteiger partial charge in [-0.3, -0.25) is 9.69 Å². The standard InChI is InChI=1S/C16H27NO3/c1-11(2)13-4-7-16(3,20)14(10-13)17-8-5-12(6-9-17)15(18)19/h12-14,20H,1,4-10H2,2-3H3,(H,18,19). The number of carboxylic acids is 1. The van der Waals surface area contributed by atoms with Crippen LogP contribution in [-0.4, -0.2) is 45.8 Å². The smallest absolute Gasteiger partial charge is 0.306 e. The van der Waals surface area contributed by atoms with Crippen molar-refractivity contribution >= 4 is 5.97 Å². The molecule has 2 aliphatic rings. The molecule has 20 heavy (non-hydrogen) atoms. The number of hydrogen-bond donors (Lipinski definition) is 2. The van der Waals surface area contributed by atoms with Gasteiger partial charge in [-0.2, -0.15) is 0 Å². The molecule has 3 atom stereocenters. The van der Waals surface area contributed by atoms with Crippen LogP contribution in [0.4, 0.5) is 0 Å². The topological polar surface area (TPSA) is 60.8 Å². The highest BCUT2D eigenvalue weighted by Gasteiger charge is 2.43. The van der Waals surface area contributed by atoms with Crippen LogP contribution in [0.5, 0.6) is 0 Å². The lowest BCUT2D eigenvalue weighted by atomic mass is 9.72. The quantitative estimate of drug-likeness (QED) is 0.779. The normalized spacial score (nSPS) is 36.8. The molecule has 4 nitrogen and oxygen atoms in total. The van der Waals surface area contributed by atoms with Gasteiger partial charge >= 0.3 is 5.97 Å². The Hall–Kier alpha value is -0.870. The van der Waals surface area contributed by atoms with E-state index in [-0.39, 0.29) is 12.0 Å². The Balaban J connectivity index is 2.02. The van der Waals surface area contributed by atoms with Crippen molar-refractivity contribution in [2.24, 2.45) is 11.8 Å². The largest absolute Gasteiger partial charge is 0.481 e. The van der Waals surface area contributed by atoms with E-state index in [9.17, 15) is 9.90 Å². The van der Waals surface area contributed by atoms with Crippen LogP contribution in [0.25, 0.3) is 0 Å². The molecule has 0 radical (unpaired) electrons. The number of aliphatic carboxylic acids is 1. The van der Waals surface area contributed by atoms with E-state index in [4.69, 9.17) is 5.11 Å². The van der Waals surface area contributed by atoms with E-state index in [0.717, 1.165) is 32.4 Å². The van der Waals surface area contributed by atoms with E-state index >= 15 is 0 Å². The first-order chi connectivity index (χ1) is 9.31. The van der Waals surface area contributed by atoms with Crippen molar-refractivity contribution in [3.63, 3.8) is 0 Å². The van der Waals surface area contributed by atoms with Gasteiger partial charge in [0.1, 0.15) is 0 Å². The number of likely N-dealkylation sites (tertiary alicyclic amines) is 1. The predicted octanol–water partition coefficient (Wildman–Crippen LogP) is 2.28. The summed E-state index contributed by atoms with van der Waals surface area (Å²) in [7, 11) is 0. The maximum atomic E-state index is 11.0. The highest BCUT2D eigenvalue weighted by atomic mass is 16.4. The second kappa shape index (κ2) is 5.86. The average molecular weight is 281 g/mol. The molecular weight excluding hydrogens is 254 g/mol. The molecule has 2 fully saturated rings. The average Bonchev–Trinajstić information content (AvgIpc) is 2.38. The van der Waals surface area contributed by atoms with Gasteiger partial charge in [-0.15, -0.1) is 0 Å². The fourth-order valence-corrected chi connectivity index (χ4v) is 3.72. The summed E-state index contributed by atoms with van der Waals surface area (Å²) in [4.78, 5) is 13.3. The molecule has 0 bridgehead atoms. The Bertz CT molecular complexity index is 383. The zero-order valence-electron chi connectivity index (χ0n) is 12.6. The summed E-state index contributed by atoms with van der Waals surface area (Å²) in [6, 6.07) is 0.132. The van der Waals surface area contributed by atoms with E-state index < -0.39 is 11.6 Å². The molecule has 0 aromatic rings. The maximum absolute atomic E-state index is 11.0. The Morgan fingerprint density at radius 1 is 1.25 bits per heavy atom. The van der Waals surface area contributed by atoms with Crippen LogP contribution in [0.3, 0.4) is 0 Å². The monoisotopic (exact) mass is 281 g/mol. The molecule has 0 aromatic heterocycles. The molecule has 1 aliphatic heterocycles. The molecule has 3 unspecified atom stereocenters. The van der Waals surface area contributed by atoms with E-state index in [1.807, 2.05) is 6.92 Å². The van der Waals surface area contributed by atoms with Gasteiger partial charge in [-0.25, -0.2) is 0 Å². The van der Waals surface area contributed by atoms with Gasteiger partial charge in [0.15, 0.2) is 0 Å². The van der Waals surface area contributed by atoms with Gasteiger partial charge in [0.25, 0.3) is 0 Å². The van der Waals surface area contributed by atoms with Crippen molar-refractivity contribution in [3.05, 3.63) is 12.2 Å². The van der Waals surface area contributed by atoms with Crippen molar-refractivity contribution in [2.45, 2.75) is 57.6 Å². The first-order valence-corrected chi connectivity index (χ1v) is 7.66. The molecular formula is C16H27NO3. The minimum absolute atomic E-state index is 0.132. The number of carboxylic acid groups (broad SMARTS) is 1. The molecule has 1 saturated heterocycles. The Morgan fingerprint density at radius 2 is 1.85 bits per heavy atom. The molecule has 1 heterocycles. The molecule has 1 aliphatic carbocycles. The fourth-order valence-electron chi connectivity index (χ4n) is 3.72. The third kappa shape index (κ3) is 3.23. The molecule has 0 aromatic carbocycles. The minimum Gasteiger partial charge on any atom is -0.481 e. The van der Waals surface area contributed by atoms with Crippen LogP contribution in [0, 0.1) is 11.8 Å². The van der Waals surface area contributed by atoms with Gasteiger partial charge < -0.3 is 10.2 Å². The number of aliphatic hydroxyl groups is 1. The molecule has 114 valence electrons. The predicted molar refractivity (Wildman–Crippen MR) is 78.5 cm³/mol. The summed E-state index contributed by atoms with van der Waals surface area (Å²) in [5.74, 6) is -0.408. The summed E-state index contributed by atoms with van der Waals surface area (Å²) in [6.07, 6.45) is 4.14. The number of allylic oxidation sites excluding steroid dienone is 1. The van der Waals surface area contributed by atoms with Crippen molar-refractivity contribution in [3.8, 4) is 0 Å². The Kier molecular flexibility index (Phi) is 4.55. The molecule has 0 spiro atoms. The third-order valence-corrected chi connectivity index (χ3v) is 5.24. The highest BCUT2D eigenvalue weighted by molar-refractivity contribution is 5.70. The first-order valence-electron chi connectivity index (χ1n) is 7.66. The van der Waals surface area contributed by atoms with Gasteiger partial charge in [-0.1, -0.05) is 12.2 Å². The molecule has 1 saturated carbocycles. The lowest BCUT2D eigenvalue weighted by molar-refractivity contribution is -0.144. The number of carbonyl (C=O) groups is 1. The van der Waals surface area contributed by atoms with Crippen LogP contribution in [-0.2, 0) is 4.79 Å². The summed E-state index contributed by atoms with van der Waals surface area (Å²) in [5.41, 5.74) is 0.535. The molecule has 2 rings (SSSR count). The molecule has 4 heteroatoms. The lowest BCUT2D eigenvalue weighted by Crippen LogP contribution is -2.56. The van der Waals surface area contributed by atoms with Gasteiger partial charge in [0.2, 0.25) is 0 Å². The SMILES string of the molecule is C=C(C)C1CCC(C)(O)C(N2CCC(C(=O)O)CC2)C1. The van der Waals surface area contributed by atoms with Crippen molar-refractivity contribution in [1.82, 2.24) is 4.90 Å². The summed E-state index contributed by atoms with van der Waals surface area (Å²) >= 11 is 0. The fraction of sp³-hybridized carbons (Fsp3) is 0.812. The van der Waals surface area contributed by atoms with E-state index in [1.165, 1.54) is 5.57 Å². The minimum atomic E-state index is -0.681. The van der Waals surface area contributed by atoms with Crippen molar-refractivity contribution < 1.29 is 15.0 Å². The first kappa shape index (κ1) is 15.5. The second-order valence-electron chi connectivity index (χ2n) is 6.84.